The van der Waals surface area contributed by atoms with Crippen molar-refractivity contribution in [1.29, 1.82) is 0 Å². The Labute approximate surface area is 195 Å². The standard InChI is InChI=1S/C29H46O3/c1-24(2)20-10-13-27(5)21(25(20,3)12-11-22(24)30)8-7-18-23-19-9-14-29(23,16-15-26(18,27)4)32-17-28(19,6)31/h18-21,23,31H,7-17H2,1-6H3/t18-,19-,20+,21-,23+,25+,26-,27-,28+,29+/m1/s1. The summed E-state index contributed by atoms with van der Waals surface area (Å²) in [6, 6.07) is 0. The van der Waals surface area contributed by atoms with E-state index >= 15 is 0 Å². The molecule has 1 N–H and O–H groups in total. The van der Waals surface area contributed by atoms with Crippen LogP contribution in [0.4, 0.5) is 0 Å². The lowest BCUT2D eigenvalue weighted by atomic mass is 9.32. The van der Waals surface area contributed by atoms with Crippen LogP contribution in [0.1, 0.15) is 106 Å². The zero-order valence-electron chi connectivity index (χ0n) is 21.4. The molecule has 3 nitrogen and oxygen atoms in total. The topological polar surface area (TPSA) is 46.5 Å². The normalized spacial score (nSPS) is 60.7. The first-order valence-electron chi connectivity index (χ1n) is 13.7. The van der Waals surface area contributed by atoms with Crippen LogP contribution in [-0.2, 0) is 9.53 Å². The Bertz CT molecular complexity index is 845. The molecule has 0 unspecified atom stereocenters. The first-order chi connectivity index (χ1) is 14.8. The SMILES string of the molecule is CC1(C)C(=O)CC[C@]2(C)[C@H]3CC[C@@H]4[C@H]5[C@H]6CC[C@@]5(CC[C@@]4(C)[C@]3(C)CC[C@@H]12)OC[C@]6(C)O. The summed E-state index contributed by atoms with van der Waals surface area (Å²) in [5.74, 6) is 3.33. The van der Waals surface area contributed by atoms with Crippen LogP contribution in [0.15, 0.2) is 0 Å². The molecule has 6 rings (SSSR count). The van der Waals surface area contributed by atoms with Gasteiger partial charge >= 0.3 is 0 Å². The zero-order valence-corrected chi connectivity index (χ0v) is 21.4. The van der Waals surface area contributed by atoms with Gasteiger partial charge in [-0.3, -0.25) is 4.79 Å². The molecule has 2 bridgehead atoms. The maximum absolute atomic E-state index is 12.9. The Morgan fingerprint density at radius 1 is 0.781 bits per heavy atom. The second-order valence-electron chi connectivity index (χ2n) is 14.7. The third-order valence-corrected chi connectivity index (χ3v) is 13.6. The summed E-state index contributed by atoms with van der Waals surface area (Å²) in [4.78, 5) is 12.9. The minimum Gasteiger partial charge on any atom is -0.387 e. The van der Waals surface area contributed by atoms with Gasteiger partial charge in [-0.25, -0.2) is 0 Å². The minimum atomic E-state index is -0.669. The molecule has 6 fully saturated rings. The van der Waals surface area contributed by atoms with Gasteiger partial charge < -0.3 is 9.84 Å². The van der Waals surface area contributed by atoms with Crippen molar-refractivity contribution in [3.8, 4) is 0 Å². The lowest BCUT2D eigenvalue weighted by Gasteiger charge is -2.73. The molecule has 0 amide bonds. The van der Waals surface area contributed by atoms with Crippen molar-refractivity contribution in [2.24, 2.45) is 51.2 Å². The van der Waals surface area contributed by atoms with Crippen molar-refractivity contribution in [2.75, 3.05) is 6.61 Å². The second kappa shape index (κ2) is 6.23. The molecule has 0 radical (unpaired) electrons. The van der Waals surface area contributed by atoms with Gasteiger partial charge in [0, 0.05) is 11.8 Å². The Morgan fingerprint density at radius 2 is 1.53 bits per heavy atom. The summed E-state index contributed by atoms with van der Waals surface area (Å²) in [7, 11) is 0. The third-order valence-electron chi connectivity index (χ3n) is 13.6. The van der Waals surface area contributed by atoms with E-state index in [1.165, 1.54) is 38.5 Å². The summed E-state index contributed by atoms with van der Waals surface area (Å²) in [6.07, 6.45) is 11.7. The lowest BCUT2D eigenvalue weighted by molar-refractivity contribution is -0.283. The smallest absolute Gasteiger partial charge is 0.138 e. The van der Waals surface area contributed by atoms with E-state index < -0.39 is 5.60 Å². The van der Waals surface area contributed by atoms with E-state index in [-0.39, 0.29) is 16.4 Å². The van der Waals surface area contributed by atoms with Crippen molar-refractivity contribution >= 4 is 5.78 Å². The van der Waals surface area contributed by atoms with Crippen molar-refractivity contribution < 1.29 is 14.6 Å². The predicted octanol–water partition coefficient (Wildman–Crippen LogP) is 6.17. The van der Waals surface area contributed by atoms with Gasteiger partial charge in [-0.2, -0.15) is 0 Å². The van der Waals surface area contributed by atoms with E-state index in [0.717, 1.165) is 25.7 Å². The molecule has 180 valence electrons. The van der Waals surface area contributed by atoms with Gasteiger partial charge in [0.05, 0.1) is 17.8 Å². The number of rotatable bonds is 0. The summed E-state index contributed by atoms with van der Waals surface area (Å²) < 4.78 is 6.60. The first kappa shape index (κ1) is 22.1. The molecule has 1 heterocycles. The fourth-order valence-electron chi connectivity index (χ4n) is 11.7. The quantitative estimate of drug-likeness (QED) is 0.488. The van der Waals surface area contributed by atoms with Crippen LogP contribution < -0.4 is 0 Å². The number of carbonyl (C=O) groups excluding carboxylic acids is 1. The van der Waals surface area contributed by atoms with Crippen LogP contribution in [0.25, 0.3) is 0 Å². The Hall–Kier alpha value is -0.410. The number of hydrogen-bond acceptors (Lipinski definition) is 3. The highest BCUT2D eigenvalue weighted by molar-refractivity contribution is 5.85. The van der Waals surface area contributed by atoms with Crippen LogP contribution in [0.5, 0.6) is 0 Å². The van der Waals surface area contributed by atoms with Crippen molar-refractivity contribution in [2.45, 2.75) is 117 Å². The predicted molar refractivity (Wildman–Crippen MR) is 126 cm³/mol. The Balaban J connectivity index is 1.40. The minimum absolute atomic E-state index is 0.0423. The van der Waals surface area contributed by atoms with Gasteiger partial charge in [-0.1, -0.05) is 34.6 Å². The highest BCUT2D eigenvalue weighted by atomic mass is 16.5. The van der Waals surface area contributed by atoms with Crippen LogP contribution >= 0.6 is 0 Å². The summed E-state index contributed by atoms with van der Waals surface area (Å²) >= 11 is 0. The van der Waals surface area contributed by atoms with E-state index in [2.05, 4.69) is 34.6 Å². The number of hydrogen-bond donors (Lipinski definition) is 1. The average molecular weight is 443 g/mol. The fourth-order valence-corrected chi connectivity index (χ4v) is 11.7. The van der Waals surface area contributed by atoms with Gasteiger partial charge in [0.1, 0.15) is 5.78 Å². The molecule has 10 atom stereocenters. The molecule has 1 aliphatic heterocycles. The maximum atomic E-state index is 12.9. The Kier molecular flexibility index (Phi) is 4.30. The van der Waals surface area contributed by atoms with E-state index in [9.17, 15) is 9.90 Å². The van der Waals surface area contributed by atoms with Crippen LogP contribution in [0.2, 0.25) is 0 Å². The van der Waals surface area contributed by atoms with Gasteiger partial charge in [-0.15, -0.1) is 0 Å². The van der Waals surface area contributed by atoms with Crippen molar-refractivity contribution in [3.63, 3.8) is 0 Å². The molecule has 0 spiro atoms. The summed E-state index contributed by atoms with van der Waals surface area (Å²) in [5.41, 5.74) is 0.114. The number of ether oxygens (including phenoxy) is 1. The summed E-state index contributed by atoms with van der Waals surface area (Å²) in [6.45, 7) is 14.9. The van der Waals surface area contributed by atoms with Gasteiger partial charge in [0.15, 0.2) is 0 Å². The molecular weight excluding hydrogens is 396 g/mol. The molecule has 0 aromatic carbocycles. The molecule has 32 heavy (non-hydrogen) atoms. The zero-order chi connectivity index (χ0) is 22.9. The van der Waals surface area contributed by atoms with Crippen molar-refractivity contribution in [3.05, 3.63) is 0 Å². The summed E-state index contributed by atoms with van der Waals surface area (Å²) in [5, 5.41) is 11.3. The van der Waals surface area contributed by atoms with Gasteiger partial charge in [-0.05, 0) is 111 Å². The van der Waals surface area contributed by atoms with Gasteiger partial charge in [0.2, 0.25) is 0 Å². The van der Waals surface area contributed by atoms with Gasteiger partial charge in [0.25, 0.3) is 0 Å². The van der Waals surface area contributed by atoms with Crippen LogP contribution in [0.3, 0.4) is 0 Å². The Morgan fingerprint density at radius 3 is 2.28 bits per heavy atom. The largest absolute Gasteiger partial charge is 0.387 e. The highest BCUT2D eigenvalue weighted by Gasteiger charge is 2.73. The van der Waals surface area contributed by atoms with Crippen molar-refractivity contribution in [1.82, 2.24) is 0 Å². The maximum Gasteiger partial charge on any atom is 0.138 e. The highest BCUT2D eigenvalue weighted by Crippen LogP contribution is 2.77. The second-order valence-corrected chi connectivity index (χ2v) is 14.7. The van der Waals surface area contributed by atoms with Crippen LogP contribution in [0, 0.1) is 51.2 Å². The fraction of sp³-hybridized carbons (Fsp3) is 0.966. The monoisotopic (exact) mass is 442 g/mol. The number of aliphatic hydroxyl groups is 1. The number of carbonyl (C=O) groups is 1. The molecule has 6 aliphatic rings. The number of Topliss-reactive ketones (excluding diaryl/α,β-unsaturated/α-hetero) is 1. The molecule has 5 saturated carbocycles. The average Bonchev–Trinajstić information content (AvgIpc) is 3.05. The molecule has 1 saturated heterocycles. The molecule has 5 aliphatic carbocycles. The lowest BCUT2D eigenvalue weighted by Crippen LogP contribution is -2.69. The number of ketones is 1. The van der Waals surface area contributed by atoms with E-state index in [1.54, 1.807) is 0 Å². The first-order valence-corrected chi connectivity index (χ1v) is 13.7. The molecule has 3 heteroatoms. The van der Waals surface area contributed by atoms with E-state index in [4.69, 9.17) is 4.74 Å². The molecular formula is C29H46O3. The van der Waals surface area contributed by atoms with E-state index in [0.29, 0.717) is 52.8 Å². The van der Waals surface area contributed by atoms with E-state index in [1.807, 2.05) is 6.92 Å². The molecule has 0 aromatic rings. The number of fused-ring (bicyclic) bond motifs is 5. The third kappa shape index (κ3) is 2.34. The van der Waals surface area contributed by atoms with Crippen LogP contribution in [-0.4, -0.2) is 28.7 Å². The molecule has 0 aromatic heterocycles.